The van der Waals surface area contributed by atoms with E-state index in [9.17, 15) is 14.2 Å². The number of fused-ring (bicyclic) bond motifs is 2. The zero-order valence-corrected chi connectivity index (χ0v) is 15.3. The van der Waals surface area contributed by atoms with Crippen molar-refractivity contribution in [3.8, 4) is 0 Å². The number of ketones is 2. The highest BCUT2D eigenvalue weighted by Crippen LogP contribution is 2.37. The third-order valence-corrected chi connectivity index (χ3v) is 4.76. The van der Waals surface area contributed by atoms with Crippen molar-refractivity contribution in [1.82, 2.24) is 0 Å². The van der Waals surface area contributed by atoms with Crippen LogP contribution >= 0.6 is 7.60 Å². The van der Waals surface area contributed by atoms with Crippen LogP contribution in [0.2, 0.25) is 0 Å². The van der Waals surface area contributed by atoms with Gasteiger partial charge < -0.3 is 20.1 Å². The molecule has 0 bridgehead atoms. The zero-order valence-electron chi connectivity index (χ0n) is 14.4. The number of anilines is 2. The van der Waals surface area contributed by atoms with Crippen LogP contribution in [0.1, 0.15) is 31.8 Å². The molecule has 0 aromatic heterocycles. The molecule has 0 radical (unpaired) electrons. The van der Waals surface area contributed by atoms with Crippen molar-refractivity contribution in [2.75, 3.05) is 37.5 Å². The number of carbonyl (C=O) groups is 2. The lowest BCUT2D eigenvalue weighted by Crippen LogP contribution is -2.24. The second-order valence-corrected chi connectivity index (χ2v) is 7.79. The molecule has 8 heteroatoms. The van der Waals surface area contributed by atoms with E-state index in [1.807, 2.05) is 0 Å². The Hall–Kier alpha value is -2.47. The molecule has 136 valence electrons. The summed E-state index contributed by atoms with van der Waals surface area (Å²) in [5.74, 6) is -0.452. The Kier molecular flexibility index (Phi) is 4.96. The number of benzene rings is 2. The lowest BCUT2D eigenvalue weighted by Gasteiger charge is -2.23. The van der Waals surface area contributed by atoms with Gasteiger partial charge in [0.25, 0.3) is 0 Å². The van der Waals surface area contributed by atoms with E-state index in [0.29, 0.717) is 33.6 Å². The largest absolute Gasteiger partial charge is 0.388 e. The molecule has 0 amide bonds. The first-order valence-electron chi connectivity index (χ1n) is 8.05. The number of nitrogens with one attached hydrogen (secondary N) is 2. The van der Waals surface area contributed by atoms with E-state index in [1.54, 1.807) is 43.4 Å². The van der Waals surface area contributed by atoms with Gasteiger partial charge in [-0.3, -0.25) is 14.2 Å². The number of carbonyl (C=O) groups excluding carboxylic acids is 2. The van der Waals surface area contributed by atoms with Crippen LogP contribution in [0, 0.1) is 0 Å². The highest BCUT2D eigenvalue weighted by molar-refractivity contribution is 7.51. The fraction of sp³-hybridized carbons (Fsp3) is 0.222. The lowest BCUT2D eigenvalue weighted by molar-refractivity contribution is 0.0980. The summed E-state index contributed by atoms with van der Waals surface area (Å²) in [6.45, 7) is 1.31. The monoisotopic (exact) mass is 374 g/mol. The molecule has 1 unspecified atom stereocenters. The van der Waals surface area contributed by atoms with Gasteiger partial charge >= 0.3 is 7.60 Å². The SMILES string of the molecule is CNc1ccc(NCCOP(C)(=O)O)c2c1C(=O)c1ccccc1C2=O. The molecule has 7 nitrogen and oxygen atoms in total. The predicted molar refractivity (Wildman–Crippen MR) is 99.5 cm³/mol. The second-order valence-electron chi connectivity index (χ2n) is 5.93. The number of hydrogen-bond donors (Lipinski definition) is 3. The molecule has 0 aliphatic heterocycles. The summed E-state index contributed by atoms with van der Waals surface area (Å²) in [6.07, 6.45) is 0. The standard InChI is InChI=1S/C18H19N2O5P/c1-19-13-7-8-14(20-9-10-25-26(2,23)24)16-15(13)17(21)11-5-3-4-6-12(11)18(16)22/h3-8,19-20H,9-10H2,1-2H3,(H,23,24). The van der Waals surface area contributed by atoms with E-state index in [-0.39, 0.29) is 24.7 Å². The average molecular weight is 374 g/mol. The van der Waals surface area contributed by atoms with Crippen molar-refractivity contribution in [2.24, 2.45) is 0 Å². The molecule has 3 rings (SSSR count). The first-order chi connectivity index (χ1) is 12.3. The van der Waals surface area contributed by atoms with Gasteiger partial charge in [-0.05, 0) is 12.1 Å². The minimum absolute atomic E-state index is 0.00838. The van der Waals surface area contributed by atoms with Crippen LogP contribution in [-0.2, 0) is 9.09 Å². The van der Waals surface area contributed by atoms with Crippen molar-refractivity contribution in [1.29, 1.82) is 0 Å². The summed E-state index contributed by atoms with van der Waals surface area (Å²) < 4.78 is 16.0. The molecule has 0 saturated heterocycles. The van der Waals surface area contributed by atoms with Gasteiger partial charge in [-0.2, -0.15) is 0 Å². The normalized spacial score (nSPS) is 15.0. The number of rotatable bonds is 6. The van der Waals surface area contributed by atoms with Crippen LogP contribution in [0.25, 0.3) is 0 Å². The summed E-state index contributed by atoms with van der Waals surface area (Å²) in [5.41, 5.74) is 2.43. The summed E-state index contributed by atoms with van der Waals surface area (Å²) in [7, 11) is -1.87. The molecule has 0 saturated carbocycles. The van der Waals surface area contributed by atoms with E-state index in [2.05, 4.69) is 10.6 Å². The Morgan fingerprint density at radius 3 is 2.08 bits per heavy atom. The molecule has 0 fully saturated rings. The van der Waals surface area contributed by atoms with Crippen molar-refractivity contribution < 1.29 is 23.6 Å². The van der Waals surface area contributed by atoms with Crippen LogP contribution in [0.3, 0.4) is 0 Å². The molecule has 0 heterocycles. The summed E-state index contributed by atoms with van der Waals surface area (Å²) in [5, 5.41) is 5.98. The summed E-state index contributed by atoms with van der Waals surface area (Å²) in [4.78, 5) is 35.1. The van der Waals surface area contributed by atoms with E-state index in [1.165, 1.54) is 0 Å². The molecular formula is C18H19N2O5P. The zero-order chi connectivity index (χ0) is 18.9. The molecule has 2 aromatic carbocycles. The van der Waals surface area contributed by atoms with Gasteiger partial charge in [0, 0.05) is 42.8 Å². The first-order valence-corrected chi connectivity index (χ1v) is 10.1. The summed E-state index contributed by atoms with van der Waals surface area (Å²) >= 11 is 0. The Morgan fingerprint density at radius 2 is 1.54 bits per heavy atom. The van der Waals surface area contributed by atoms with E-state index in [0.717, 1.165) is 6.66 Å². The van der Waals surface area contributed by atoms with Crippen molar-refractivity contribution in [3.05, 3.63) is 58.7 Å². The van der Waals surface area contributed by atoms with Crippen molar-refractivity contribution in [3.63, 3.8) is 0 Å². The maximum Gasteiger partial charge on any atom is 0.325 e. The van der Waals surface area contributed by atoms with Crippen molar-refractivity contribution >= 4 is 30.5 Å². The molecule has 2 aromatic rings. The van der Waals surface area contributed by atoms with Crippen LogP contribution in [-0.4, -0.2) is 43.3 Å². The lowest BCUT2D eigenvalue weighted by atomic mass is 9.82. The minimum Gasteiger partial charge on any atom is -0.388 e. The van der Waals surface area contributed by atoms with Crippen LogP contribution in [0.4, 0.5) is 11.4 Å². The van der Waals surface area contributed by atoms with Crippen LogP contribution in [0.5, 0.6) is 0 Å². The Morgan fingerprint density at radius 1 is 1.00 bits per heavy atom. The van der Waals surface area contributed by atoms with Gasteiger partial charge in [0.1, 0.15) is 0 Å². The number of hydrogen-bond acceptors (Lipinski definition) is 6. The van der Waals surface area contributed by atoms with Crippen LogP contribution in [0.15, 0.2) is 36.4 Å². The topological polar surface area (TPSA) is 105 Å². The average Bonchev–Trinajstić information content (AvgIpc) is 2.62. The fourth-order valence-electron chi connectivity index (χ4n) is 2.98. The highest BCUT2D eigenvalue weighted by Gasteiger charge is 2.33. The first kappa shape index (κ1) is 18.3. The van der Waals surface area contributed by atoms with Gasteiger partial charge in [0.2, 0.25) is 0 Å². The third kappa shape index (κ3) is 3.42. The highest BCUT2D eigenvalue weighted by atomic mass is 31.2. The third-order valence-electron chi connectivity index (χ3n) is 4.09. The van der Waals surface area contributed by atoms with E-state index >= 15 is 0 Å². The van der Waals surface area contributed by atoms with Crippen LogP contribution < -0.4 is 10.6 Å². The quantitative estimate of drug-likeness (QED) is 0.450. The fourth-order valence-corrected chi connectivity index (χ4v) is 3.41. The second kappa shape index (κ2) is 7.03. The molecule has 1 atom stereocenters. The Labute approximate surface area is 150 Å². The molecule has 3 N–H and O–H groups in total. The smallest absolute Gasteiger partial charge is 0.325 e. The predicted octanol–water partition coefficient (Wildman–Crippen LogP) is 2.75. The van der Waals surface area contributed by atoms with Gasteiger partial charge in [0.15, 0.2) is 11.6 Å². The Bertz CT molecular complexity index is 935. The molecule has 1 aliphatic carbocycles. The van der Waals surface area contributed by atoms with Gasteiger partial charge in [-0.1, -0.05) is 24.3 Å². The molecule has 0 spiro atoms. The maximum atomic E-state index is 13.0. The van der Waals surface area contributed by atoms with Gasteiger partial charge in [-0.15, -0.1) is 0 Å². The Balaban J connectivity index is 1.98. The maximum absolute atomic E-state index is 13.0. The van der Waals surface area contributed by atoms with Gasteiger partial charge in [-0.25, -0.2) is 0 Å². The molecule has 26 heavy (non-hydrogen) atoms. The van der Waals surface area contributed by atoms with E-state index < -0.39 is 7.60 Å². The van der Waals surface area contributed by atoms with E-state index in [4.69, 9.17) is 9.42 Å². The summed E-state index contributed by atoms with van der Waals surface area (Å²) in [6, 6.07) is 10.2. The molecule has 1 aliphatic rings. The molecular weight excluding hydrogens is 355 g/mol. The minimum atomic E-state index is -3.56. The van der Waals surface area contributed by atoms with Crippen molar-refractivity contribution in [2.45, 2.75) is 0 Å². The van der Waals surface area contributed by atoms with Gasteiger partial charge in [0.05, 0.1) is 17.7 Å².